The minimum Gasteiger partial charge on any atom is -0.320 e. The van der Waals surface area contributed by atoms with Crippen LogP contribution in [0.25, 0.3) is 0 Å². The average Bonchev–Trinajstić information content (AvgIpc) is 2.95. The summed E-state index contributed by atoms with van der Waals surface area (Å²) in [6, 6.07) is 4.25. The maximum atomic E-state index is 12.0. The van der Waals surface area contributed by atoms with E-state index in [-0.39, 0.29) is 34.1 Å². The molecule has 2 rings (SSSR count). The minimum atomic E-state index is -0.593. The van der Waals surface area contributed by atoms with E-state index in [2.05, 4.69) is 15.5 Å². The van der Waals surface area contributed by atoms with Gasteiger partial charge in [0.2, 0.25) is 5.91 Å². The second-order valence-electron chi connectivity index (χ2n) is 4.87. The Bertz CT molecular complexity index is 734. The molecule has 0 unspecified atom stereocenters. The molecule has 0 fully saturated rings. The van der Waals surface area contributed by atoms with Gasteiger partial charge in [0.1, 0.15) is 12.0 Å². The van der Waals surface area contributed by atoms with Gasteiger partial charge >= 0.3 is 0 Å². The fraction of sp³-hybridized carbons (Fsp3) is 0.308. The molecule has 2 aromatic rings. The van der Waals surface area contributed by atoms with Crippen LogP contribution in [0.2, 0.25) is 5.02 Å². The maximum absolute atomic E-state index is 12.0. The number of anilines is 1. The quantitative estimate of drug-likeness (QED) is 0.485. The number of nitro benzene ring substituents is 1. The Morgan fingerprint density at radius 3 is 2.91 bits per heavy atom. The molecule has 0 aliphatic heterocycles. The summed E-state index contributed by atoms with van der Waals surface area (Å²) in [7, 11) is 0. The first-order valence-corrected chi connectivity index (χ1v) is 8.01. The lowest BCUT2D eigenvalue weighted by atomic mass is 10.2. The molecule has 0 bridgehead atoms. The molecule has 122 valence electrons. The number of halogens is 1. The average molecular weight is 356 g/mol. The number of rotatable bonds is 6. The van der Waals surface area contributed by atoms with Crippen molar-refractivity contribution in [3.05, 3.63) is 39.7 Å². The number of nitro groups is 1. The van der Waals surface area contributed by atoms with E-state index in [9.17, 15) is 14.9 Å². The summed E-state index contributed by atoms with van der Waals surface area (Å²) in [6.45, 7) is 3.95. The molecule has 0 spiro atoms. The van der Waals surface area contributed by atoms with Crippen molar-refractivity contribution in [3.63, 3.8) is 0 Å². The molecule has 0 aliphatic rings. The Labute approximate surface area is 141 Å². The molecule has 23 heavy (non-hydrogen) atoms. The van der Waals surface area contributed by atoms with E-state index in [1.165, 1.54) is 30.0 Å². The Hall–Kier alpha value is -2.13. The standard InChI is InChI=1S/C13H14ClN5O3S/c1-8(2)18-7-15-17-13(18)23-6-12(20)16-10-4-3-9(14)5-11(10)19(21)22/h3-5,7-8H,6H2,1-2H3,(H,16,20). The third-order valence-corrected chi connectivity index (χ3v) is 4.05. The highest BCUT2D eigenvalue weighted by Crippen LogP contribution is 2.28. The van der Waals surface area contributed by atoms with E-state index in [1.807, 2.05) is 18.4 Å². The van der Waals surface area contributed by atoms with Gasteiger partial charge in [-0.15, -0.1) is 10.2 Å². The molecule has 1 aromatic heterocycles. The molecule has 1 heterocycles. The van der Waals surface area contributed by atoms with Gasteiger partial charge in [-0.05, 0) is 26.0 Å². The highest BCUT2D eigenvalue weighted by Gasteiger charge is 2.17. The van der Waals surface area contributed by atoms with Crippen molar-refractivity contribution >= 4 is 40.6 Å². The van der Waals surface area contributed by atoms with Crippen molar-refractivity contribution < 1.29 is 9.72 Å². The number of hydrogen-bond acceptors (Lipinski definition) is 6. The van der Waals surface area contributed by atoms with E-state index in [4.69, 9.17) is 11.6 Å². The Morgan fingerprint density at radius 2 is 2.26 bits per heavy atom. The summed E-state index contributed by atoms with van der Waals surface area (Å²) in [5.74, 6) is -0.315. The maximum Gasteiger partial charge on any atom is 0.294 e. The van der Waals surface area contributed by atoms with Crippen LogP contribution in [-0.4, -0.2) is 31.3 Å². The third-order valence-electron chi connectivity index (χ3n) is 2.86. The molecular weight excluding hydrogens is 342 g/mol. The van der Waals surface area contributed by atoms with Crippen molar-refractivity contribution in [2.24, 2.45) is 0 Å². The van der Waals surface area contributed by atoms with Crippen molar-refractivity contribution in [3.8, 4) is 0 Å². The Kier molecular flexibility index (Phi) is 5.56. The number of nitrogens with one attached hydrogen (secondary N) is 1. The first-order valence-electron chi connectivity index (χ1n) is 6.64. The molecule has 0 aliphatic carbocycles. The first kappa shape index (κ1) is 17.2. The summed E-state index contributed by atoms with van der Waals surface area (Å²) in [4.78, 5) is 22.4. The largest absolute Gasteiger partial charge is 0.320 e. The second-order valence-corrected chi connectivity index (χ2v) is 6.25. The van der Waals surface area contributed by atoms with Crippen LogP contribution in [0.15, 0.2) is 29.7 Å². The summed E-state index contributed by atoms with van der Waals surface area (Å²) in [5.41, 5.74) is -0.142. The van der Waals surface area contributed by atoms with Gasteiger partial charge in [0, 0.05) is 17.1 Å². The number of benzene rings is 1. The van der Waals surface area contributed by atoms with Gasteiger partial charge in [-0.3, -0.25) is 14.9 Å². The zero-order valence-electron chi connectivity index (χ0n) is 12.4. The molecular formula is C13H14ClN5O3S. The summed E-state index contributed by atoms with van der Waals surface area (Å²) in [5, 5.41) is 22.1. The summed E-state index contributed by atoms with van der Waals surface area (Å²) < 4.78 is 1.84. The van der Waals surface area contributed by atoms with Crippen molar-refractivity contribution in [2.75, 3.05) is 11.1 Å². The van der Waals surface area contributed by atoms with Crippen LogP contribution < -0.4 is 5.32 Å². The third kappa shape index (κ3) is 4.42. The fourth-order valence-corrected chi connectivity index (χ4v) is 2.78. The van der Waals surface area contributed by atoms with E-state index < -0.39 is 4.92 Å². The smallest absolute Gasteiger partial charge is 0.294 e. The Morgan fingerprint density at radius 1 is 1.52 bits per heavy atom. The Balaban J connectivity index is 2.03. The predicted molar refractivity (Wildman–Crippen MR) is 87.9 cm³/mol. The predicted octanol–water partition coefficient (Wildman–Crippen LogP) is 3.15. The van der Waals surface area contributed by atoms with E-state index in [1.54, 1.807) is 6.33 Å². The van der Waals surface area contributed by atoms with Crippen LogP contribution in [0, 0.1) is 10.1 Å². The molecule has 1 amide bonds. The number of thioether (sulfide) groups is 1. The second kappa shape index (κ2) is 7.42. The highest BCUT2D eigenvalue weighted by molar-refractivity contribution is 7.99. The van der Waals surface area contributed by atoms with E-state index >= 15 is 0 Å². The van der Waals surface area contributed by atoms with E-state index in [0.717, 1.165) is 0 Å². The van der Waals surface area contributed by atoms with Crippen LogP contribution in [0.4, 0.5) is 11.4 Å². The van der Waals surface area contributed by atoms with Crippen LogP contribution >= 0.6 is 23.4 Å². The SMILES string of the molecule is CC(C)n1cnnc1SCC(=O)Nc1ccc(Cl)cc1[N+](=O)[O-]. The number of carbonyl (C=O) groups excluding carboxylic acids is 1. The molecule has 0 saturated heterocycles. The number of aromatic nitrogens is 3. The van der Waals surface area contributed by atoms with Gasteiger partial charge in [0.05, 0.1) is 10.7 Å². The van der Waals surface area contributed by atoms with Crippen LogP contribution in [-0.2, 0) is 4.79 Å². The normalized spacial score (nSPS) is 10.8. The molecule has 10 heteroatoms. The minimum absolute atomic E-state index is 0.0607. The van der Waals surface area contributed by atoms with Gasteiger partial charge in [0.25, 0.3) is 5.69 Å². The molecule has 0 radical (unpaired) electrons. The number of carbonyl (C=O) groups is 1. The van der Waals surface area contributed by atoms with Crippen molar-refractivity contribution in [1.29, 1.82) is 0 Å². The monoisotopic (exact) mass is 355 g/mol. The van der Waals surface area contributed by atoms with Crippen molar-refractivity contribution in [1.82, 2.24) is 14.8 Å². The highest BCUT2D eigenvalue weighted by atomic mass is 35.5. The van der Waals surface area contributed by atoms with E-state index in [0.29, 0.717) is 5.16 Å². The molecule has 1 aromatic carbocycles. The van der Waals surface area contributed by atoms with Gasteiger partial charge in [0.15, 0.2) is 5.16 Å². The fourth-order valence-electron chi connectivity index (χ4n) is 1.77. The van der Waals surface area contributed by atoms with Gasteiger partial charge < -0.3 is 9.88 Å². The lowest BCUT2D eigenvalue weighted by Gasteiger charge is -2.09. The van der Waals surface area contributed by atoms with Crippen LogP contribution in [0.3, 0.4) is 0 Å². The summed E-state index contributed by atoms with van der Waals surface area (Å²) >= 11 is 6.94. The van der Waals surface area contributed by atoms with Gasteiger partial charge in [-0.25, -0.2) is 0 Å². The first-order chi connectivity index (χ1) is 10.9. The zero-order chi connectivity index (χ0) is 17.0. The van der Waals surface area contributed by atoms with Gasteiger partial charge in [-0.1, -0.05) is 23.4 Å². The number of amides is 1. The molecule has 0 atom stereocenters. The lowest BCUT2D eigenvalue weighted by molar-refractivity contribution is -0.383. The number of nitrogens with zero attached hydrogens (tertiary/aromatic N) is 4. The van der Waals surface area contributed by atoms with Crippen LogP contribution in [0.1, 0.15) is 19.9 Å². The van der Waals surface area contributed by atoms with Gasteiger partial charge in [-0.2, -0.15) is 0 Å². The molecule has 1 N–H and O–H groups in total. The topological polar surface area (TPSA) is 103 Å². The molecule has 8 nitrogen and oxygen atoms in total. The number of hydrogen-bond donors (Lipinski definition) is 1. The molecule has 0 saturated carbocycles. The lowest BCUT2D eigenvalue weighted by Crippen LogP contribution is -2.15. The van der Waals surface area contributed by atoms with Crippen molar-refractivity contribution in [2.45, 2.75) is 25.0 Å². The van der Waals surface area contributed by atoms with Crippen LogP contribution in [0.5, 0.6) is 0 Å². The zero-order valence-corrected chi connectivity index (χ0v) is 14.0. The summed E-state index contributed by atoms with van der Waals surface area (Å²) in [6.07, 6.45) is 1.59.